The van der Waals surface area contributed by atoms with Crippen molar-refractivity contribution in [2.45, 2.75) is 27.7 Å². The number of hydrogen-bond acceptors (Lipinski definition) is 1. The third-order valence-electron chi connectivity index (χ3n) is 4.48. The summed E-state index contributed by atoms with van der Waals surface area (Å²) in [6, 6.07) is 10.3. The third kappa shape index (κ3) is 2.74. The maximum Gasteiger partial charge on any atom is 0.257 e. The number of anilines is 1. The lowest BCUT2D eigenvalue weighted by molar-refractivity contribution is 0.102. The number of aromatic nitrogens is 1. The minimum atomic E-state index is -0.0625. The molecule has 0 aliphatic heterocycles. The summed E-state index contributed by atoms with van der Waals surface area (Å²) in [5.74, 6) is -0.0625. The van der Waals surface area contributed by atoms with Gasteiger partial charge in [-0.2, -0.15) is 0 Å². The van der Waals surface area contributed by atoms with Crippen LogP contribution in [0.5, 0.6) is 0 Å². The molecule has 0 aliphatic carbocycles. The largest absolute Gasteiger partial charge is 0.350 e. The molecule has 3 nitrogen and oxygen atoms in total. The van der Waals surface area contributed by atoms with Gasteiger partial charge in [0.1, 0.15) is 0 Å². The van der Waals surface area contributed by atoms with Crippen molar-refractivity contribution in [2.75, 3.05) is 5.32 Å². The van der Waals surface area contributed by atoms with Crippen LogP contribution in [0.4, 0.5) is 5.69 Å². The molecule has 0 unspecified atom stereocenters. The van der Waals surface area contributed by atoms with E-state index < -0.39 is 0 Å². The van der Waals surface area contributed by atoms with Crippen LogP contribution in [-0.4, -0.2) is 10.5 Å². The number of carbonyl (C=O) groups excluding carboxylic acids is 1. The van der Waals surface area contributed by atoms with Crippen molar-refractivity contribution >= 4 is 22.5 Å². The van der Waals surface area contributed by atoms with Gasteiger partial charge in [0.05, 0.1) is 5.56 Å². The Kier molecular flexibility index (Phi) is 3.72. The second-order valence-corrected chi connectivity index (χ2v) is 6.38. The summed E-state index contributed by atoms with van der Waals surface area (Å²) >= 11 is 0. The van der Waals surface area contributed by atoms with E-state index >= 15 is 0 Å². The Balaban J connectivity index is 2.02. The SMILES string of the molecule is Cc1ccc2c(c1)c(C(=O)Nc1cc(C)c(C)cc1C)cn2C. The van der Waals surface area contributed by atoms with E-state index in [9.17, 15) is 4.79 Å². The molecule has 2 aromatic carbocycles. The van der Waals surface area contributed by atoms with Gasteiger partial charge in [-0.1, -0.05) is 17.7 Å². The molecule has 3 heteroatoms. The van der Waals surface area contributed by atoms with Gasteiger partial charge in [-0.05, 0) is 62.6 Å². The number of rotatable bonds is 2. The van der Waals surface area contributed by atoms with Crippen LogP contribution in [-0.2, 0) is 7.05 Å². The Hall–Kier alpha value is -2.55. The number of nitrogens with one attached hydrogen (secondary N) is 1. The molecule has 0 aliphatic rings. The number of hydrogen-bond donors (Lipinski definition) is 1. The lowest BCUT2D eigenvalue weighted by Gasteiger charge is -2.11. The molecule has 0 saturated heterocycles. The Labute approximate surface area is 136 Å². The van der Waals surface area contributed by atoms with E-state index in [1.165, 1.54) is 11.1 Å². The van der Waals surface area contributed by atoms with Crippen LogP contribution < -0.4 is 5.32 Å². The summed E-state index contributed by atoms with van der Waals surface area (Å²) < 4.78 is 2.00. The van der Waals surface area contributed by atoms with Gasteiger partial charge in [-0.3, -0.25) is 4.79 Å². The normalized spacial score (nSPS) is 11.0. The van der Waals surface area contributed by atoms with E-state index in [2.05, 4.69) is 43.4 Å². The highest BCUT2D eigenvalue weighted by atomic mass is 16.1. The summed E-state index contributed by atoms with van der Waals surface area (Å²) in [7, 11) is 1.97. The van der Waals surface area contributed by atoms with Crippen molar-refractivity contribution in [3.05, 3.63) is 64.3 Å². The van der Waals surface area contributed by atoms with Crippen LogP contribution in [0.1, 0.15) is 32.6 Å². The number of aryl methyl sites for hydroxylation is 5. The zero-order valence-electron chi connectivity index (χ0n) is 14.3. The first-order chi connectivity index (χ1) is 10.9. The fourth-order valence-electron chi connectivity index (χ4n) is 2.97. The highest BCUT2D eigenvalue weighted by Gasteiger charge is 2.15. The van der Waals surface area contributed by atoms with Crippen LogP contribution >= 0.6 is 0 Å². The summed E-state index contributed by atoms with van der Waals surface area (Å²) in [4.78, 5) is 12.8. The number of nitrogens with zero attached hydrogens (tertiary/aromatic N) is 1. The molecule has 23 heavy (non-hydrogen) atoms. The quantitative estimate of drug-likeness (QED) is 0.734. The van der Waals surface area contributed by atoms with Crippen molar-refractivity contribution < 1.29 is 4.79 Å². The van der Waals surface area contributed by atoms with Crippen molar-refractivity contribution in [3.63, 3.8) is 0 Å². The summed E-state index contributed by atoms with van der Waals surface area (Å²) in [5, 5.41) is 4.06. The Morgan fingerprint density at radius 3 is 2.39 bits per heavy atom. The lowest BCUT2D eigenvalue weighted by Crippen LogP contribution is -2.12. The molecule has 0 radical (unpaired) electrons. The minimum Gasteiger partial charge on any atom is -0.350 e. The molecule has 1 amide bonds. The number of carbonyl (C=O) groups is 1. The van der Waals surface area contributed by atoms with Gasteiger partial charge in [0, 0.05) is 29.8 Å². The summed E-state index contributed by atoms with van der Waals surface area (Å²) in [6.07, 6.45) is 1.90. The molecular formula is C20H22N2O. The van der Waals surface area contributed by atoms with E-state index in [-0.39, 0.29) is 5.91 Å². The van der Waals surface area contributed by atoms with Crippen LogP contribution in [0.15, 0.2) is 36.5 Å². The molecule has 3 rings (SSSR count). The average molecular weight is 306 g/mol. The van der Waals surface area contributed by atoms with Gasteiger partial charge in [0.15, 0.2) is 0 Å². The second-order valence-electron chi connectivity index (χ2n) is 6.38. The fraction of sp³-hybridized carbons (Fsp3) is 0.250. The van der Waals surface area contributed by atoms with E-state index in [4.69, 9.17) is 0 Å². The molecule has 0 atom stereocenters. The van der Waals surface area contributed by atoms with Gasteiger partial charge >= 0.3 is 0 Å². The van der Waals surface area contributed by atoms with Gasteiger partial charge < -0.3 is 9.88 Å². The second kappa shape index (κ2) is 5.58. The van der Waals surface area contributed by atoms with Crippen LogP contribution in [0, 0.1) is 27.7 Å². The molecule has 3 aromatic rings. The standard InChI is InChI=1S/C20H22N2O/c1-12-6-7-19-16(8-12)17(11-22(19)5)20(23)21-18-10-14(3)13(2)9-15(18)4/h6-11H,1-5H3,(H,21,23). The topological polar surface area (TPSA) is 34.0 Å². The molecule has 0 fully saturated rings. The summed E-state index contributed by atoms with van der Waals surface area (Å²) in [5.41, 5.74) is 7.31. The van der Waals surface area contributed by atoms with Gasteiger partial charge in [0.25, 0.3) is 5.91 Å². The number of benzene rings is 2. The van der Waals surface area contributed by atoms with Crippen molar-refractivity contribution in [3.8, 4) is 0 Å². The Bertz CT molecular complexity index is 919. The third-order valence-corrected chi connectivity index (χ3v) is 4.48. The predicted molar refractivity (Wildman–Crippen MR) is 96.3 cm³/mol. The zero-order chi connectivity index (χ0) is 16.7. The number of fused-ring (bicyclic) bond motifs is 1. The zero-order valence-corrected chi connectivity index (χ0v) is 14.3. The molecule has 0 saturated carbocycles. The highest BCUT2D eigenvalue weighted by Crippen LogP contribution is 2.25. The minimum absolute atomic E-state index is 0.0625. The van der Waals surface area contributed by atoms with E-state index in [1.807, 2.05) is 37.7 Å². The molecule has 1 heterocycles. The first-order valence-electron chi connectivity index (χ1n) is 7.81. The van der Waals surface area contributed by atoms with Gasteiger partial charge in [-0.25, -0.2) is 0 Å². The summed E-state index contributed by atoms with van der Waals surface area (Å²) in [6.45, 7) is 8.21. The first-order valence-corrected chi connectivity index (χ1v) is 7.81. The lowest BCUT2D eigenvalue weighted by atomic mass is 10.0. The molecule has 1 N–H and O–H groups in total. The Morgan fingerprint density at radius 1 is 0.957 bits per heavy atom. The molecular weight excluding hydrogens is 284 g/mol. The monoisotopic (exact) mass is 306 g/mol. The van der Waals surface area contributed by atoms with Crippen molar-refractivity contribution in [1.29, 1.82) is 0 Å². The molecule has 0 bridgehead atoms. The van der Waals surface area contributed by atoms with Gasteiger partial charge in [-0.15, -0.1) is 0 Å². The van der Waals surface area contributed by atoms with Crippen LogP contribution in [0.25, 0.3) is 10.9 Å². The van der Waals surface area contributed by atoms with Crippen molar-refractivity contribution in [1.82, 2.24) is 4.57 Å². The van der Waals surface area contributed by atoms with E-state index in [0.29, 0.717) is 5.56 Å². The maximum atomic E-state index is 12.8. The van der Waals surface area contributed by atoms with Crippen LogP contribution in [0.2, 0.25) is 0 Å². The average Bonchev–Trinajstić information content (AvgIpc) is 2.81. The molecule has 1 aromatic heterocycles. The predicted octanol–water partition coefficient (Wildman–Crippen LogP) is 4.66. The Morgan fingerprint density at radius 2 is 1.65 bits per heavy atom. The van der Waals surface area contributed by atoms with Crippen molar-refractivity contribution in [2.24, 2.45) is 7.05 Å². The first kappa shape index (κ1) is 15.3. The molecule has 0 spiro atoms. The maximum absolute atomic E-state index is 12.8. The van der Waals surface area contributed by atoms with Crippen LogP contribution in [0.3, 0.4) is 0 Å². The van der Waals surface area contributed by atoms with Gasteiger partial charge in [0.2, 0.25) is 0 Å². The van der Waals surface area contributed by atoms with E-state index in [1.54, 1.807) is 0 Å². The molecule has 118 valence electrons. The number of amides is 1. The highest BCUT2D eigenvalue weighted by molar-refractivity contribution is 6.13. The smallest absolute Gasteiger partial charge is 0.257 e. The van der Waals surface area contributed by atoms with E-state index in [0.717, 1.165) is 27.7 Å². The fourth-order valence-corrected chi connectivity index (χ4v) is 2.97.